The van der Waals surface area contributed by atoms with Gasteiger partial charge in [-0.1, -0.05) is 23.7 Å². The predicted octanol–water partition coefficient (Wildman–Crippen LogP) is 2.80. The molecule has 0 aliphatic carbocycles. The van der Waals surface area contributed by atoms with Crippen LogP contribution in [0.2, 0.25) is 5.02 Å². The van der Waals surface area contributed by atoms with Crippen molar-refractivity contribution in [2.24, 2.45) is 0 Å². The van der Waals surface area contributed by atoms with Gasteiger partial charge in [0.05, 0.1) is 29.0 Å². The van der Waals surface area contributed by atoms with Crippen molar-refractivity contribution in [2.75, 3.05) is 6.61 Å². The number of hydrogen-bond acceptors (Lipinski definition) is 3. The molecule has 1 aromatic heterocycles. The summed E-state index contributed by atoms with van der Waals surface area (Å²) in [5.74, 6) is 0.593. The Hall–Kier alpha value is -1.99. The first-order valence-electron chi connectivity index (χ1n) is 5.52. The summed E-state index contributed by atoms with van der Waals surface area (Å²) in [4.78, 5) is 0. The lowest BCUT2D eigenvalue weighted by Crippen LogP contribution is -2.11. The van der Waals surface area contributed by atoms with Gasteiger partial charge >= 0.3 is 0 Å². The Morgan fingerprint density at radius 3 is 2.89 bits per heavy atom. The van der Waals surface area contributed by atoms with Crippen LogP contribution in [0.1, 0.15) is 11.3 Å². The molecule has 1 aromatic carbocycles. The Morgan fingerprint density at radius 2 is 2.22 bits per heavy atom. The number of para-hydroxylation sites is 1. The first-order chi connectivity index (χ1) is 8.72. The van der Waals surface area contributed by atoms with Crippen LogP contribution in [0.15, 0.2) is 30.5 Å². The van der Waals surface area contributed by atoms with Crippen LogP contribution in [0.5, 0.6) is 5.75 Å². The molecule has 5 heteroatoms. The molecule has 4 nitrogen and oxygen atoms in total. The molecule has 0 amide bonds. The zero-order valence-corrected chi connectivity index (χ0v) is 10.7. The van der Waals surface area contributed by atoms with Crippen LogP contribution >= 0.6 is 11.6 Å². The van der Waals surface area contributed by atoms with E-state index in [1.165, 1.54) is 0 Å². The van der Waals surface area contributed by atoms with Crippen molar-refractivity contribution in [3.05, 3.63) is 46.7 Å². The molecule has 0 aliphatic heterocycles. The minimum Gasteiger partial charge on any atom is -0.490 e. The van der Waals surface area contributed by atoms with Gasteiger partial charge in [0.2, 0.25) is 0 Å². The van der Waals surface area contributed by atoms with Crippen molar-refractivity contribution in [2.45, 2.75) is 13.5 Å². The third-order valence-electron chi connectivity index (χ3n) is 2.61. The van der Waals surface area contributed by atoms with E-state index in [1.807, 2.05) is 19.1 Å². The number of aromatic nitrogens is 2. The van der Waals surface area contributed by atoms with Crippen LogP contribution < -0.4 is 4.74 Å². The van der Waals surface area contributed by atoms with Gasteiger partial charge in [0, 0.05) is 0 Å². The largest absolute Gasteiger partial charge is 0.490 e. The minimum atomic E-state index is 0.442. The highest BCUT2D eigenvalue weighted by atomic mass is 35.5. The fourth-order valence-corrected chi connectivity index (χ4v) is 1.72. The molecule has 18 heavy (non-hydrogen) atoms. The van der Waals surface area contributed by atoms with E-state index >= 15 is 0 Å². The number of nitrogens with zero attached hydrogens (tertiary/aromatic N) is 3. The summed E-state index contributed by atoms with van der Waals surface area (Å²) in [5, 5.41) is 13.7. The Balaban J connectivity index is 1.97. The maximum Gasteiger partial charge on any atom is 0.137 e. The Labute approximate surface area is 110 Å². The lowest BCUT2D eigenvalue weighted by atomic mass is 10.2. The summed E-state index contributed by atoms with van der Waals surface area (Å²) < 4.78 is 7.34. The molecular formula is C13H12ClN3O. The highest BCUT2D eigenvalue weighted by molar-refractivity contribution is 6.31. The number of rotatable bonds is 4. The Morgan fingerprint density at radius 1 is 1.44 bits per heavy atom. The second-order valence-corrected chi connectivity index (χ2v) is 4.16. The molecule has 0 unspecified atom stereocenters. The van der Waals surface area contributed by atoms with Crippen molar-refractivity contribution in [3.8, 4) is 11.8 Å². The molecule has 0 atom stereocenters. The van der Waals surface area contributed by atoms with Gasteiger partial charge in [-0.2, -0.15) is 10.4 Å². The van der Waals surface area contributed by atoms with Gasteiger partial charge in [-0.25, -0.2) is 0 Å². The van der Waals surface area contributed by atoms with Gasteiger partial charge in [-0.15, -0.1) is 0 Å². The molecule has 0 bridgehead atoms. The average Bonchev–Trinajstić information content (AvgIpc) is 2.71. The van der Waals surface area contributed by atoms with Crippen molar-refractivity contribution >= 4 is 11.6 Å². The zero-order valence-electron chi connectivity index (χ0n) is 9.93. The van der Waals surface area contributed by atoms with E-state index in [0.717, 1.165) is 5.69 Å². The van der Waals surface area contributed by atoms with Crippen LogP contribution in [-0.4, -0.2) is 16.4 Å². The first kappa shape index (κ1) is 12.5. The van der Waals surface area contributed by atoms with E-state index in [2.05, 4.69) is 11.2 Å². The molecule has 0 fully saturated rings. The van der Waals surface area contributed by atoms with E-state index in [1.54, 1.807) is 23.0 Å². The third kappa shape index (κ3) is 2.63. The molecule has 0 N–H and O–H groups in total. The Kier molecular flexibility index (Phi) is 3.85. The van der Waals surface area contributed by atoms with E-state index in [4.69, 9.17) is 21.6 Å². The number of halogens is 1. The van der Waals surface area contributed by atoms with E-state index in [-0.39, 0.29) is 0 Å². The fourth-order valence-electron chi connectivity index (χ4n) is 1.58. The average molecular weight is 262 g/mol. The van der Waals surface area contributed by atoms with Gasteiger partial charge in [0.15, 0.2) is 0 Å². The topological polar surface area (TPSA) is 50.8 Å². The summed E-state index contributed by atoms with van der Waals surface area (Å²) in [6.45, 7) is 2.94. The van der Waals surface area contributed by atoms with Gasteiger partial charge in [-0.05, 0) is 19.1 Å². The second kappa shape index (κ2) is 5.56. The normalized spacial score (nSPS) is 10.1. The number of benzene rings is 1. The zero-order chi connectivity index (χ0) is 13.0. The molecule has 0 radical (unpaired) electrons. The van der Waals surface area contributed by atoms with Crippen molar-refractivity contribution < 1.29 is 4.74 Å². The number of nitriles is 1. The second-order valence-electron chi connectivity index (χ2n) is 3.76. The minimum absolute atomic E-state index is 0.442. The number of hydrogen-bond donors (Lipinski definition) is 0. The molecule has 0 saturated carbocycles. The maximum absolute atomic E-state index is 8.92. The number of ether oxygens (including phenoxy) is 1. The predicted molar refractivity (Wildman–Crippen MR) is 68.6 cm³/mol. The monoisotopic (exact) mass is 261 g/mol. The molecule has 0 saturated heterocycles. The molecule has 92 valence electrons. The summed E-state index contributed by atoms with van der Waals surface area (Å²) >= 11 is 5.91. The maximum atomic E-state index is 8.92. The molecule has 0 spiro atoms. The SMILES string of the molecule is Cc1c(Cl)cnn1CCOc1ccccc1C#N. The molecule has 2 aromatic rings. The van der Waals surface area contributed by atoms with E-state index in [9.17, 15) is 0 Å². The van der Waals surface area contributed by atoms with Crippen LogP contribution in [0.4, 0.5) is 0 Å². The molecule has 2 rings (SSSR count). The first-order valence-corrected chi connectivity index (χ1v) is 5.90. The van der Waals surface area contributed by atoms with Crippen molar-refractivity contribution in [1.29, 1.82) is 5.26 Å². The summed E-state index contributed by atoms with van der Waals surface area (Å²) in [6, 6.07) is 9.25. The summed E-state index contributed by atoms with van der Waals surface area (Å²) in [5.41, 5.74) is 1.45. The van der Waals surface area contributed by atoms with Crippen molar-refractivity contribution in [1.82, 2.24) is 9.78 Å². The van der Waals surface area contributed by atoms with Crippen LogP contribution in [0.3, 0.4) is 0 Å². The lowest BCUT2D eigenvalue weighted by molar-refractivity contribution is 0.289. The molecule has 1 heterocycles. The summed E-state index contributed by atoms with van der Waals surface area (Å²) in [7, 11) is 0. The molecular weight excluding hydrogens is 250 g/mol. The van der Waals surface area contributed by atoms with Crippen LogP contribution in [-0.2, 0) is 6.54 Å². The van der Waals surface area contributed by atoms with Gasteiger partial charge in [0.1, 0.15) is 18.4 Å². The van der Waals surface area contributed by atoms with Crippen LogP contribution in [0.25, 0.3) is 0 Å². The van der Waals surface area contributed by atoms with Crippen LogP contribution in [0, 0.1) is 18.3 Å². The highest BCUT2D eigenvalue weighted by Crippen LogP contribution is 2.17. The molecule has 0 aliphatic rings. The fraction of sp³-hybridized carbons (Fsp3) is 0.231. The van der Waals surface area contributed by atoms with Gasteiger partial charge in [-0.3, -0.25) is 4.68 Å². The van der Waals surface area contributed by atoms with Gasteiger partial charge in [0.25, 0.3) is 0 Å². The quantitative estimate of drug-likeness (QED) is 0.850. The third-order valence-corrected chi connectivity index (χ3v) is 2.98. The standard InChI is InChI=1S/C13H12ClN3O/c1-10-12(14)9-16-17(10)6-7-18-13-5-3-2-4-11(13)8-15/h2-5,9H,6-7H2,1H3. The lowest BCUT2D eigenvalue weighted by Gasteiger charge is -2.08. The smallest absolute Gasteiger partial charge is 0.137 e. The summed E-state index contributed by atoms with van der Waals surface area (Å²) in [6.07, 6.45) is 1.61. The van der Waals surface area contributed by atoms with E-state index < -0.39 is 0 Å². The van der Waals surface area contributed by atoms with Crippen molar-refractivity contribution in [3.63, 3.8) is 0 Å². The van der Waals surface area contributed by atoms with E-state index in [0.29, 0.717) is 29.5 Å². The highest BCUT2D eigenvalue weighted by Gasteiger charge is 2.05. The Bertz CT molecular complexity index is 586. The van der Waals surface area contributed by atoms with Gasteiger partial charge < -0.3 is 4.74 Å².